The molecule has 0 aliphatic rings. The van der Waals surface area contributed by atoms with Crippen molar-refractivity contribution in [2.75, 3.05) is 17.7 Å². The van der Waals surface area contributed by atoms with Crippen molar-refractivity contribution in [2.24, 2.45) is 0 Å². The van der Waals surface area contributed by atoms with Gasteiger partial charge in [0.25, 0.3) is 0 Å². The molecule has 0 aliphatic heterocycles. The number of hydrogen-bond acceptors (Lipinski definition) is 2. The molecule has 0 aromatic heterocycles. The first kappa shape index (κ1) is 13.2. The largest absolute Gasteiger partial charge is 0.397 e. The van der Waals surface area contributed by atoms with E-state index < -0.39 is 0 Å². The Kier molecular flexibility index (Phi) is 3.80. The average Bonchev–Trinajstić information content (AvgIpc) is 2.28. The van der Waals surface area contributed by atoms with Crippen molar-refractivity contribution >= 4 is 39.7 Å². The topological polar surface area (TPSA) is 29.3 Å². The average molecular weight is 352 g/mol. The fourth-order valence-electron chi connectivity index (χ4n) is 2.14. The van der Waals surface area contributed by atoms with Crippen molar-refractivity contribution in [3.63, 3.8) is 0 Å². The number of halogens is 1. The number of nitrogen functional groups attached to an aromatic ring is 1. The van der Waals surface area contributed by atoms with Crippen LogP contribution in [0.2, 0.25) is 0 Å². The lowest BCUT2D eigenvalue weighted by Crippen LogP contribution is -2.13. The summed E-state index contributed by atoms with van der Waals surface area (Å²) in [5.41, 5.74) is 11.7. The van der Waals surface area contributed by atoms with Crippen LogP contribution >= 0.6 is 22.6 Å². The zero-order valence-corrected chi connectivity index (χ0v) is 13.0. The number of nitrogens with zero attached hydrogens (tertiary/aromatic N) is 1. The predicted octanol–water partition coefficient (Wildman–Crippen LogP) is 4.26. The fraction of sp³-hybridized carbons (Fsp3) is 0.200. The minimum atomic E-state index is 0.810. The lowest BCUT2D eigenvalue weighted by Gasteiger charge is -2.23. The molecule has 2 nitrogen and oxygen atoms in total. The molecule has 0 amide bonds. The van der Waals surface area contributed by atoms with E-state index in [0.717, 1.165) is 14.9 Å². The second-order valence-corrected chi connectivity index (χ2v) is 5.80. The van der Waals surface area contributed by atoms with Crippen LogP contribution in [-0.4, -0.2) is 7.05 Å². The number of hydrogen-bond donors (Lipinski definition) is 1. The number of aryl methyl sites for hydroxylation is 2. The molecule has 94 valence electrons. The van der Waals surface area contributed by atoms with E-state index in [1.165, 1.54) is 16.8 Å². The minimum Gasteiger partial charge on any atom is -0.397 e. The lowest BCUT2D eigenvalue weighted by atomic mass is 10.1. The van der Waals surface area contributed by atoms with E-state index in [4.69, 9.17) is 5.73 Å². The highest BCUT2D eigenvalue weighted by Crippen LogP contribution is 2.32. The lowest BCUT2D eigenvalue weighted by molar-refractivity contribution is 1.18. The van der Waals surface area contributed by atoms with E-state index >= 15 is 0 Å². The molecular formula is C15H17IN2. The maximum Gasteiger partial charge on any atom is 0.0642 e. The van der Waals surface area contributed by atoms with Gasteiger partial charge in [0.05, 0.1) is 11.4 Å². The summed E-state index contributed by atoms with van der Waals surface area (Å²) < 4.78 is 1.16. The van der Waals surface area contributed by atoms with Gasteiger partial charge in [0.2, 0.25) is 0 Å². The summed E-state index contributed by atoms with van der Waals surface area (Å²) in [7, 11) is 2.05. The molecule has 18 heavy (non-hydrogen) atoms. The maximum absolute atomic E-state index is 6.09. The number of rotatable bonds is 2. The van der Waals surface area contributed by atoms with E-state index in [1.54, 1.807) is 0 Å². The zero-order chi connectivity index (χ0) is 13.3. The van der Waals surface area contributed by atoms with Crippen LogP contribution < -0.4 is 10.6 Å². The quantitative estimate of drug-likeness (QED) is 0.647. The Balaban J connectivity index is 2.44. The first-order valence-corrected chi connectivity index (χ1v) is 6.93. The molecular weight excluding hydrogens is 335 g/mol. The first-order valence-electron chi connectivity index (χ1n) is 5.85. The molecule has 2 aromatic carbocycles. The Bertz CT molecular complexity index is 527. The van der Waals surface area contributed by atoms with Crippen LogP contribution in [-0.2, 0) is 0 Å². The van der Waals surface area contributed by atoms with Gasteiger partial charge in [-0.3, -0.25) is 0 Å². The second kappa shape index (κ2) is 5.18. The van der Waals surface area contributed by atoms with Crippen LogP contribution in [0, 0.1) is 17.4 Å². The Morgan fingerprint density at radius 1 is 1.00 bits per heavy atom. The smallest absolute Gasteiger partial charge is 0.0642 e. The number of nitrogens with two attached hydrogens (primary N) is 1. The van der Waals surface area contributed by atoms with Crippen molar-refractivity contribution in [1.29, 1.82) is 0 Å². The van der Waals surface area contributed by atoms with Crippen LogP contribution in [0.15, 0.2) is 36.4 Å². The molecule has 2 N–H and O–H groups in total. The van der Waals surface area contributed by atoms with E-state index in [2.05, 4.69) is 78.7 Å². The Morgan fingerprint density at radius 3 is 2.28 bits per heavy atom. The van der Waals surface area contributed by atoms with Gasteiger partial charge in [-0.05, 0) is 66.3 Å². The summed E-state index contributed by atoms with van der Waals surface area (Å²) in [5.74, 6) is 0. The third kappa shape index (κ3) is 2.61. The highest BCUT2D eigenvalue weighted by atomic mass is 127. The molecule has 0 fully saturated rings. The Labute approximate surface area is 122 Å². The van der Waals surface area contributed by atoms with Gasteiger partial charge in [-0.2, -0.15) is 0 Å². The highest BCUT2D eigenvalue weighted by molar-refractivity contribution is 14.1. The van der Waals surface area contributed by atoms with Crippen LogP contribution in [0.4, 0.5) is 17.1 Å². The molecule has 0 bridgehead atoms. The van der Waals surface area contributed by atoms with Gasteiger partial charge in [-0.15, -0.1) is 0 Å². The molecule has 0 radical (unpaired) electrons. The number of benzene rings is 2. The van der Waals surface area contributed by atoms with Gasteiger partial charge in [0, 0.05) is 16.3 Å². The third-order valence-electron chi connectivity index (χ3n) is 3.06. The van der Waals surface area contributed by atoms with Crippen molar-refractivity contribution < 1.29 is 0 Å². The summed E-state index contributed by atoms with van der Waals surface area (Å²) >= 11 is 2.27. The molecule has 0 saturated heterocycles. The Hall–Kier alpha value is -1.23. The zero-order valence-electron chi connectivity index (χ0n) is 10.9. The molecule has 0 aliphatic carbocycles. The third-order valence-corrected chi connectivity index (χ3v) is 3.74. The Morgan fingerprint density at radius 2 is 1.67 bits per heavy atom. The van der Waals surface area contributed by atoms with Gasteiger partial charge >= 0.3 is 0 Å². The van der Waals surface area contributed by atoms with Crippen molar-refractivity contribution in [3.05, 3.63) is 51.1 Å². The summed E-state index contributed by atoms with van der Waals surface area (Å²) in [4.78, 5) is 2.14. The molecule has 0 saturated carbocycles. The van der Waals surface area contributed by atoms with E-state index in [9.17, 15) is 0 Å². The molecule has 0 spiro atoms. The van der Waals surface area contributed by atoms with Crippen LogP contribution in [0.3, 0.4) is 0 Å². The standard InChI is InChI=1S/C15H17IN2/c1-10-4-6-14(11(2)8-10)18(3)15-7-5-12(16)9-13(15)17/h4-9H,17H2,1-3H3. The SMILES string of the molecule is Cc1ccc(N(C)c2ccc(I)cc2N)c(C)c1. The summed E-state index contributed by atoms with van der Waals surface area (Å²) in [6.07, 6.45) is 0. The minimum absolute atomic E-state index is 0.810. The normalized spacial score (nSPS) is 10.4. The molecule has 0 heterocycles. The van der Waals surface area contributed by atoms with E-state index in [1.807, 2.05) is 6.07 Å². The van der Waals surface area contributed by atoms with Crippen molar-refractivity contribution in [1.82, 2.24) is 0 Å². The van der Waals surface area contributed by atoms with Gasteiger partial charge in [0.15, 0.2) is 0 Å². The van der Waals surface area contributed by atoms with E-state index in [-0.39, 0.29) is 0 Å². The van der Waals surface area contributed by atoms with Gasteiger partial charge in [0.1, 0.15) is 0 Å². The van der Waals surface area contributed by atoms with Gasteiger partial charge in [-0.25, -0.2) is 0 Å². The molecule has 3 heteroatoms. The molecule has 0 atom stereocenters. The predicted molar refractivity (Wildman–Crippen MR) is 87.6 cm³/mol. The first-order chi connectivity index (χ1) is 8.49. The van der Waals surface area contributed by atoms with Crippen LogP contribution in [0.1, 0.15) is 11.1 Å². The monoisotopic (exact) mass is 352 g/mol. The van der Waals surface area contributed by atoms with Crippen LogP contribution in [0.25, 0.3) is 0 Å². The fourth-order valence-corrected chi connectivity index (χ4v) is 2.66. The van der Waals surface area contributed by atoms with Crippen LogP contribution in [0.5, 0.6) is 0 Å². The summed E-state index contributed by atoms with van der Waals surface area (Å²) in [6.45, 7) is 4.23. The van der Waals surface area contributed by atoms with Gasteiger partial charge in [-0.1, -0.05) is 17.7 Å². The number of anilines is 3. The van der Waals surface area contributed by atoms with Crippen molar-refractivity contribution in [2.45, 2.75) is 13.8 Å². The second-order valence-electron chi connectivity index (χ2n) is 4.55. The van der Waals surface area contributed by atoms with Crippen molar-refractivity contribution in [3.8, 4) is 0 Å². The molecule has 0 unspecified atom stereocenters. The van der Waals surface area contributed by atoms with Gasteiger partial charge < -0.3 is 10.6 Å². The molecule has 2 aromatic rings. The maximum atomic E-state index is 6.09. The van der Waals surface area contributed by atoms with E-state index in [0.29, 0.717) is 0 Å². The summed E-state index contributed by atoms with van der Waals surface area (Å²) in [6, 6.07) is 12.6. The molecule has 2 rings (SSSR count). The summed E-state index contributed by atoms with van der Waals surface area (Å²) in [5, 5.41) is 0. The highest BCUT2D eigenvalue weighted by Gasteiger charge is 2.10.